The van der Waals surface area contributed by atoms with Gasteiger partial charge in [0.15, 0.2) is 17.5 Å². The van der Waals surface area contributed by atoms with Crippen LogP contribution >= 0.6 is 0 Å². The number of ether oxygens (including phenoxy) is 3. The Kier molecular flexibility index (Phi) is 5.48. The summed E-state index contributed by atoms with van der Waals surface area (Å²) in [4.78, 5) is 17.5. The number of aromatic nitrogens is 2. The zero-order valence-electron chi connectivity index (χ0n) is 18.4. The van der Waals surface area contributed by atoms with Gasteiger partial charge in [0.1, 0.15) is 11.9 Å². The number of rotatable bonds is 6. The van der Waals surface area contributed by atoms with E-state index in [0.717, 1.165) is 16.8 Å². The van der Waals surface area contributed by atoms with Gasteiger partial charge in [0.2, 0.25) is 0 Å². The second kappa shape index (κ2) is 8.60. The number of pyridine rings is 1. The van der Waals surface area contributed by atoms with Gasteiger partial charge in [0, 0.05) is 12.6 Å². The van der Waals surface area contributed by atoms with Crippen molar-refractivity contribution in [1.29, 1.82) is 0 Å². The standard InChI is InChI=1S/C26H24N2O5/c1-16-21(15-29)28-13-5-8-22(25(28)27-16)32-24-20-7-4-3-6-18(20)14-23(24)33-26(30)17-9-11-19(31-2)12-10-17/h3-13,23-24,29H,14-15H2,1-2H3. The summed E-state index contributed by atoms with van der Waals surface area (Å²) in [7, 11) is 1.58. The smallest absolute Gasteiger partial charge is 0.338 e. The first-order chi connectivity index (χ1) is 16.1. The Bertz CT molecular complexity index is 1310. The predicted octanol–water partition coefficient (Wildman–Crippen LogP) is 4.05. The predicted molar refractivity (Wildman–Crippen MR) is 122 cm³/mol. The van der Waals surface area contributed by atoms with E-state index in [1.807, 2.05) is 53.9 Å². The number of fused-ring (bicyclic) bond motifs is 2. The number of aliphatic hydroxyl groups is 1. The number of esters is 1. The van der Waals surface area contributed by atoms with Crippen LogP contribution in [0.2, 0.25) is 0 Å². The van der Waals surface area contributed by atoms with E-state index in [0.29, 0.717) is 34.8 Å². The molecule has 33 heavy (non-hydrogen) atoms. The second-order valence-electron chi connectivity index (χ2n) is 7.98. The number of hydrogen-bond acceptors (Lipinski definition) is 6. The van der Waals surface area contributed by atoms with Crippen molar-refractivity contribution in [3.05, 3.63) is 94.9 Å². The molecule has 0 saturated heterocycles. The number of aryl methyl sites for hydroxylation is 1. The summed E-state index contributed by atoms with van der Waals surface area (Å²) in [6.45, 7) is 1.73. The van der Waals surface area contributed by atoms with Crippen LogP contribution in [-0.2, 0) is 17.8 Å². The van der Waals surface area contributed by atoms with Gasteiger partial charge in [-0.25, -0.2) is 9.78 Å². The molecule has 2 heterocycles. The van der Waals surface area contributed by atoms with Crippen molar-refractivity contribution >= 4 is 11.6 Å². The first kappa shape index (κ1) is 21.0. The lowest BCUT2D eigenvalue weighted by atomic mass is 10.1. The monoisotopic (exact) mass is 444 g/mol. The number of carbonyl (C=O) groups excluding carboxylic acids is 1. The van der Waals surface area contributed by atoms with Crippen LogP contribution in [0.5, 0.6) is 11.5 Å². The maximum absolute atomic E-state index is 12.9. The highest BCUT2D eigenvalue weighted by Gasteiger charge is 2.37. The quantitative estimate of drug-likeness (QED) is 0.452. The maximum atomic E-state index is 12.9. The molecule has 0 fully saturated rings. The van der Waals surface area contributed by atoms with E-state index in [1.165, 1.54) is 0 Å². The Morgan fingerprint density at radius 3 is 2.67 bits per heavy atom. The topological polar surface area (TPSA) is 82.3 Å². The van der Waals surface area contributed by atoms with Crippen molar-refractivity contribution in [3.8, 4) is 11.5 Å². The summed E-state index contributed by atoms with van der Waals surface area (Å²) in [6, 6.07) is 18.5. The molecule has 7 heteroatoms. The average molecular weight is 444 g/mol. The highest BCUT2D eigenvalue weighted by Crippen LogP contribution is 2.38. The van der Waals surface area contributed by atoms with E-state index in [2.05, 4.69) is 4.98 Å². The van der Waals surface area contributed by atoms with Crippen molar-refractivity contribution in [2.75, 3.05) is 7.11 Å². The molecule has 0 bridgehead atoms. The molecule has 2 atom stereocenters. The molecular formula is C26H24N2O5. The van der Waals surface area contributed by atoms with Crippen molar-refractivity contribution in [3.63, 3.8) is 0 Å². The average Bonchev–Trinajstić information content (AvgIpc) is 3.35. The Morgan fingerprint density at radius 1 is 1.12 bits per heavy atom. The number of hydrogen-bond donors (Lipinski definition) is 1. The fourth-order valence-corrected chi connectivity index (χ4v) is 4.32. The molecular weight excluding hydrogens is 420 g/mol. The maximum Gasteiger partial charge on any atom is 0.338 e. The SMILES string of the molecule is COc1ccc(C(=O)OC2Cc3ccccc3C2Oc2cccn3c(CO)c(C)nc23)cc1. The molecule has 1 N–H and O–H groups in total. The lowest BCUT2D eigenvalue weighted by Gasteiger charge is -2.22. The number of nitrogens with zero attached hydrogens (tertiary/aromatic N) is 2. The van der Waals surface area contributed by atoms with Gasteiger partial charge in [-0.15, -0.1) is 0 Å². The Balaban J connectivity index is 1.46. The Morgan fingerprint density at radius 2 is 1.91 bits per heavy atom. The summed E-state index contributed by atoms with van der Waals surface area (Å²) in [5, 5.41) is 9.73. The third-order valence-electron chi connectivity index (χ3n) is 6.02. The van der Waals surface area contributed by atoms with E-state index in [1.54, 1.807) is 31.4 Å². The van der Waals surface area contributed by atoms with E-state index in [-0.39, 0.29) is 6.61 Å². The number of aliphatic hydroxyl groups excluding tert-OH is 1. The minimum atomic E-state index is -0.495. The van der Waals surface area contributed by atoms with Gasteiger partial charge in [0.05, 0.1) is 30.7 Å². The Hall–Kier alpha value is -3.84. The highest BCUT2D eigenvalue weighted by molar-refractivity contribution is 5.89. The third kappa shape index (κ3) is 3.81. The molecule has 0 aliphatic heterocycles. The molecule has 4 aromatic rings. The van der Waals surface area contributed by atoms with Crippen molar-refractivity contribution < 1.29 is 24.1 Å². The Labute approximate surface area is 191 Å². The van der Waals surface area contributed by atoms with Crippen LogP contribution in [0.15, 0.2) is 66.9 Å². The highest BCUT2D eigenvalue weighted by atomic mass is 16.6. The molecule has 0 amide bonds. The number of methoxy groups -OCH3 is 1. The lowest BCUT2D eigenvalue weighted by molar-refractivity contribution is -0.00285. The molecule has 1 aliphatic rings. The van der Waals surface area contributed by atoms with E-state index in [4.69, 9.17) is 14.2 Å². The first-order valence-electron chi connectivity index (χ1n) is 10.8. The summed E-state index contributed by atoms with van der Waals surface area (Å²) in [5.74, 6) is 0.820. The van der Waals surface area contributed by atoms with E-state index >= 15 is 0 Å². The zero-order chi connectivity index (χ0) is 22.9. The molecule has 1 aliphatic carbocycles. The number of imidazole rings is 1. The van der Waals surface area contributed by atoms with Crippen LogP contribution in [0.25, 0.3) is 5.65 Å². The van der Waals surface area contributed by atoms with Gasteiger partial charge < -0.3 is 19.3 Å². The zero-order valence-corrected chi connectivity index (χ0v) is 18.4. The van der Waals surface area contributed by atoms with Crippen LogP contribution in [0.1, 0.15) is 39.0 Å². The number of benzene rings is 2. The largest absolute Gasteiger partial charge is 0.497 e. The summed E-state index contributed by atoms with van der Waals surface area (Å²) in [5.41, 5.74) is 4.58. The first-order valence-corrected chi connectivity index (χ1v) is 10.8. The van der Waals surface area contributed by atoms with Gasteiger partial charge in [-0.05, 0) is 54.4 Å². The lowest BCUT2D eigenvalue weighted by Crippen LogP contribution is -2.26. The van der Waals surface area contributed by atoms with Gasteiger partial charge >= 0.3 is 5.97 Å². The summed E-state index contributed by atoms with van der Waals surface area (Å²) >= 11 is 0. The molecule has 0 saturated carbocycles. The van der Waals surface area contributed by atoms with Gasteiger partial charge in [0.25, 0.3) is 0 Å². The van der Waals surface area contributed by atoms with E-state index in [9.17, 15) is 9.90 Å². The minimum absolute atomic E-state index is 0.120. The summed E-state index contributed by atoms with van der Waals surface area (Å²) in [6.07, 6.45) is 1.42. The molecule has 2 unspecified atom stereocenters. The van der Waals surface area contributed by atoms with Crippen molar-refractivity contribution in [2.45, 2.75) is 32.2 Å². The minimum Gasteiger partial charge on any atom is -0.497 e. The van der Waals surface area contributed by atoms with Crippen LogP contribution in [0, 0.1) is 6.92 Å². The molecule has 0 spiro atoms. The third-order valence-corrected chi connectivity index (χ3v) is 6.02. The molecule has 2 aromatic heterocycles. The number of carbonyl (C=O) groups is 1. The van der Waals surface area contributed by atoms with Crippen LogP contribution < -0.4 is 9.47 Å². The second-order valence-corrected chi connectivity index (χ2v) is 7.98. The van der Waals surface area contributed by atoms with Crippen LogP contribution in [-0.4, -0.2) is 33.7 Å². The molecule has 5 rings (SSSR count). The van der Waals surface area contributed by atoms with Crippen molar-refractivity contribution in [2.24, 2.45) is 0 Å². The fraction of sp³-hybridized carbons (Fsp3) is 0.231. The molecule has 2 aromatic carbocycles. The van der Waals surface area contributed by atoms with Crippen molar-refractivity contribution in [1.82, 2.24) is 9.38 Å². The molecule has 0 radical (unpaired) electrons. The van der Waals surface area contributed by atoms with Gasteiger partial charge in [-0.2, -0.15) is 0 Å². The van der Waals surface area contributed by atoms with Crippen LogP contribution in [0.3, 0.4) is 0 Å². The summed E-state index contributed by atoms with van der Waals surface area (Å²) < 4.78 is 19.4. The molecule has 168 valence electrons. The normalized spacial score (nSPS) is 17.1. The van der Waals surface area contributed by atoms with Gasteiger partial charge in [-0.3, -0.25) is 4.40 Å². The van der Waals surface area contributed by atoms with E-state index < -0.39 is 18.2 Å². The van der Waals surface area contributed by atoms with Crippen LogP contribution in [0.4, 0.5) is 0 Å². The fourth-order valence-electron chi connectivity index (χ4n) is 4.32. The van der Waals surface area contributed by atoms with Gasteiger partial charge in [-0.1, -0.05) is 24.3 Å². The molecule has 7 nitrogen and oxygen atoms in total.